The van der Waals surface area contributed by atoms with Crippen molar-refractivity contribution < 1.29 is 24.2 Å². The number of aliphatic imine (C=N–C) groups is 1. The third-order valence-corrected chi connectivity index (χ3v) is 4.70. The number of carboxylic acids is 1. The minimum absolute atomic E-state index is 0.238. The zero-order valence-electron chi connectivity index (χ0n) is 17.9. The molecule has 6 nitrogen and oxygen atoms in total. The van der Waals surface area contributed by atoms with Crippen LogP contribution in [0.5, 0.6) is 5.75 Å². The quantitative estimate of drug-likeness (QED) is 0.254. The summed E-state index contributed by atoms with van der Waals surface area (Å²) in [6, 6.07) is 21.0. The van der Waals surface area contributed by atoms with E-state index in [2.05, 4.69) is 4.99 Å². The average molecular weight is 431 g/mol. The van der Waals surface area contributed by atoms with Crippen molar-refractivity contribution in [1.29, 1.82) is 0 Å². The zero-order valence-corrected chi connectivity index (χ0v) is 17.9. The van der Waals surface area contributed by atoms with Gasteiger partial charge in [-0.2, -0.15) is 0 Å². The number of rotatable bonds is 10. The smallest absolute Gasteiger partial charge is 0.338 e. The molecule has 0 aliphatic rings. The topological polar surface area (TPSA) is 85.2 Å². The molecule has 1 N–H and O–H groups in total. The lowest BCUT2D eigenvalue weighted by Gasteiger charge is -2.09. The molecular formula is C26H25NO5. The highest BCUT2D eigenvalue weighted by Crippen LogP contribution is 2.20. The van der Waals surface area contributed by atoms with E-state index in [4.69, 9.17) is 14.6 Å². The van der Waals surface area contributed by atoms with Crippen LogP contribution in [-0.4, -0.2) is 29.9 Å². The van der Waals surface area contributed by atoms with Crippen LogP contribution in [0.25, 0.3) is 0 Å². The molecule has 3 aromatic rings. The van der Waals surface area contributed by atoms with Gasteiger partial charge in [0.05, 0.1) is 23.4 Å². The number of aromatic carboxylic acids is 1. The molecule has 0 bridgehead atoms. The van der Waals surface area contributed by atoms with Gasteiger partial charge in [0, 0.05) is 11.8 Å². The van der Waals surface area contributed by atoms with Crippen molar-refractivity contribution in [3.8, 4) is 5.75 Å². The van der Waals surface area contributed by atoms with Crippen molar-refractivity contribution in [2.45, 2.75) is 26.4 Å². The summed E-state index contributed by atoms with van der Waals surface area (Å²) in [6.45, 7) is 2.78. The molecule has 0 aliphatic carbocycles. The van der Waals surface area contributed by atoms with E-state index < -0.39 is 5.97 Å². The highest BCUT2D eigenvalue weighted by molar-refractivity contribution is 5.90. The van der Waals surface area contributed by atoms with Gasteiger partial charge < -0.3 is 14.6 Å². The first-order chi connectivity index (χ1) is 15.6. The van der Waals surface area contributed by atoms with Crippen LogP contribution in [0.3, 0.4) is 0 Å². The van der Waals surface area contributed by atoms with Gasteiger partial charge in [0.25, 0.3) is 0 Å². The first kappa shape index (κ1) is 22.7. The fourth-order valence-corrected chi connectivity index (χ4v) is 2.84. The summed E-state index contributed by atoms with van der Waals surface area (Å²) in [5.41, 5.74) is 3.11. The van der Waals surface area contributed by atoms with Gasteiger partial charge in [0.2, 0.25) is 0 Å². The van der Waals surface area contributed by atoms with E-state index in [0.29, 0.717) is 30.2 Å². The largest absolute Gasteiger partial charge is 0.488 e. The van der Waals surface area contributed by atoms with Gasteiger partial charge in [-0.25, -0.2) is 9.59 Å². The van der Waals surface area contributed by atoms with Crippen LogP contribution in [0.1, 0.15) is 51.6 Å². The van der Waals surface area contributed by atoms with E-state index in [1.165, 1.54) is 0 Å². The van der Waals surface area contributed by atoms with Gasteiger partial charge in [0.15, 0.2) is 0 Å². The Labute approximate surface area is 187 Å². The maximum atomic E-state index is 12.0. The average Bonchev–Trinajstić information content (AvgIpc) is 2.82. The molecule has 3 rings (SSSR count). The number of hydrogen-bond donors (Lipinski definition) is 1. The van der Waals surface area contributed by atoms with Gasteiger partial charge in [-0.1, -0.05) is 37.6 Å². The van der Waals surface area contributed by atoms with Gasteiger partial charge in [-0.05, 0) is 60.5 Å². The van der Waals surface area contributed by atoms with Crippen molar-refractivity contribution in [2.24, 2.45) is 4.99 Å². The van der Waals surface area contributed by atoms with Gasteiger partial charge in [-0.15, -0.1) is 0 Å². The first-order valence-electron chi connectivity index (χ1n) is 10.4. The molecule has 32 heavy (non-hydrogen) atoms. The Hall–Kier alpha value is -3.93. The highest BCUT2D eigenvalue weighted by Gasteiger charge is 2.07. The first-order valence-corrected chi connectivity index (χ1v) is 10.4. The predicted octanol–water partition coefficient (Wildman–Crippen LogP) is 5.67. The van der Waals surface area contributed by atoms with Crippen LogP contribution in [0.4, 0.5) is 5.69 Å². The zero-order chi connectivity index (χ0) is 22.8. The number of carbonyl (C=O) groups excluding carboxylic acids is 1. The van der Waals surface area contributed by atoms with Crippen molar-refractivity contribution in [3.63, 3.8) is 0 Å². The molecule has 0 amide bonds. The number of carboxylic acid groups (broad SMARTS) is 1. The molecule has 0 atom stereocenters. The molecule has 0 heterocycles. The normalized spacial score (nSPS) is 10.8. The number of carbonyl (C=O) groups is 2. The van der Waals surface area contributed by atoms with Crippen molar-refractivity contribution in [3.05, 3.63) is 95.1 Å². The lowest BCUT2D eigenvalue weighted by atomic mass is 10.1. The number of para-hydroxylation sites is 1. The fraction of sp³-hybridized carbons (Fsp3) is 0.192. The summed E-state index contributed by atoms with van der Waals surface area (Å²) in [5, 5.41) is 8.99. The van der Waals surface area contributed by atoms with Crippen LogP contribution in [0, 0.1) is 0 Å². The number of ether oxygens (including phenoxy) is 2. The Morgan fingerprint density at radius 1 is 0.938 bits per heavy atom. The van der Waals surface area contributed by atoms with Crippen molar-refractivity contribution >= 4 is 23.8 Å². The summed E-state index contributed by atoms with van der Waals surface area (Å²) in [7, 11) is 0. The third kappa shape index (κ3) is 6.54. The Bertz CT molecular complexity index is 1070. The van der Waals surface area contributed by atoms with Crippen LogP contribution < -0.4 is 4.74 Å². The Balaban J connectivity index is 1.62. The van der Waals surface area contributed by atoms with Crippen LogP contribution in [0.2, 0.25) is 0 Å². The number of esters is 1. The molecule has 0 fully saturated rings. The fourth-order valence-electron chi connectivity index (χ4n) is 2.84. The second-order valence-corrected chi connectivity index (χ2v) is 7.12. The molecule has 6 heteroatoms. The van der Waals surface area contributed by atoms with Gasteiger partial charge in [-0.3, -0.25) is 4.99 Å². The van der Waals surface area contributed by atoms with Crippen LogP contribution in [0.15, 0.2) is 77.8 Å². The van der Waals surface area contributed by atoms with E-state index in [0.717, 1.165) is 24.0 Å². The van der Waals surface area contributed by atoms with Gasteiger partial charge in [0.1, 0.15) is 12.4 Å². The lowest BCUT2D eigenvalue weighted by molar-refractivity contribution is 0.0499. The summed E-state index contributed by atoms with van der Waals surface area (Å²) in [4.78, 5) is 27.4. The minimum Gasteiger partial charge on any atom is -0.488 e. The number of unbranched alkanes of at least 4 members (excludes halogenated alkanes) is 1. The maximum absolute atomic E-state index is 12.0. The number of hydrogen-bond acceptors (Lipinski definition) is 5. The SMILES string of the molecule is CCCCOC(=O)c1ccc(N=Cc2ccccc2OCc2ccc(C(=O)O)cc2)cc1. The maximum Gasteiger partial charge on any atom is 0.338 e. The van der Waals surface area contributed by atoms with E-state index in [1.807, 2.05) is 31.2 Å². The third-order valence-electron chi connectivity index (χ3n) is 4.70. The van der Waals surface area contributed by atoms with E-state index in [1.54, 1.807) is 54.7 Å². The van der Waals surface area contributed by atoms with Crippen molar-refractivity contribution in [2.75, 3.05) is 6.61 Å². The molecule has 0 radical (unpaired) electrons. The van der Waals surface area contributed by atoms with E-state index >= 15 is 0 Å². The second-order valence-electron chi connectivity index (χ2n) is 7.12. The van der Waals surface area contributed by atoms with Crippen molar-refractivity contribution in [1.82, 2.24) is 0 Å². The Morgan fingerprint density at radius 2 is 1.62 bits per heavy atom. The molecule has 0 aromatic heterocycles. The van der Waals surface area contributed by atoms with Gasteiger partial charge >= 0.3 is 11.9 Å². The number of nitrogens with zero attached hydrogens (tertiary/aromatic N) is 1. The summed E-state index contributed by atoms with van der Waals surface area (Å²) in [5.74, 6) is -0.626. The molecule has 164 valence electrons. The highest BCUT2D eigenvalue weighted by atomic mass is 16.5. The molecule has 0 saturated heterocycles. The molecule has 3 aromatic carbocycles. The molecule has 0 aliphatic heterocycles. The molecule has 0 unspecified atom stereocenters. The Morgan fingerprint density at radius 3 is 2.31 bits per heavy atom. The lowest BCUT2D eigenvalue weighted by Crippen LogP contribution is -2.05. The van der Waals surface area contributed by atoms with Crippen LogP contribution in [-0.2, 0) is 11.3 Å². The summed E-state index contributed by atoms with van der Waals surface area (Å²) in [6.07, 6.45) is 3.53. The predicted molar refractivity (Wildman–Crippen MR) is 123 cm³/mol. The summed E-state index contributed by atoms with van der Waals surface area (Å²) < 4.78 is 11.1. The Kier molecular flexibility index (Phi) is 8.15. The second kappa shape index (κ2) is 11.5. The molecular weight excluding hydrogens is 406 g/mol. The monoisotopic (exact) mass is 431 g/mol. The minimum atomic E-state index is -0.958. The molecule has 0 spiro atoms. The standard InChI is InChI=1S/C26H25NO5/c1-2-3-16-31-26(30)21-12-14-23(15-13-21)27-17-22-6-4-5-7-24(22)32-18-19-8-10-20(11-9-19)25(28)29/h4-15,17H,2-3,16,18H2,1H3,(H,28,29). The molecule has 0 saturated carbocycles. The summed E-state index contributed by atoms with van der Waals surface area (Å²) >= 11 is 0. The van der Waals surface area contributed by atoms with Crippen LogP contribution >= 0.6 is 0 Å². The van der Waals surface area contributed by atoms with E-state index in [9.17, 15) is 9.59 Å². The number of benzene rings is 3. The van der Waals surface area contributed by atoms with E-state index in [-0.39, 0.29) is 11.5 Å².